The molecule has 3 heterocycles. The fourth-order valence-corrected chi connectivity index (χ4v) is 4.07. The average molecular weight is 417 g/mol. The van der Waals surface area contributed by atoms with Crippen molar-refractivity contribution in [3.8, 4) is 17.3 Å². The summed E-state index contributed by atoms with van der Waals surface area (Å²) in [5.74, 6) is 0.132. The molecule has 4 rings (SSSR count). The van der Waals surface area contributed by atoms with Crippen molar-refractivity contribution in [1.29, 1.82) is 0 Å². The molecule has 1 aliphatic rings. The second kappa shape index (κ2) is 7.59. The topological polar surface area (TPSA) is 130 Å². The standard InChI is InChI=1S/C18H19N5O5S/c1-27-13-6-4-5-12(9-13)22-29(25,26)14-10-15(19-11-14)16-20-21-17(28-16)18(24)23-7-2-3-8-23/h4-6,9-11,19,22H,2-3,7-8H2,1H3. The third kappa shape index (κ3) is 3.94. The lowest BCUT2D eigenvalue weighted by Crippen LogP contribution is -2.27. The van der Waals surface area contributed by atoms with Crippen molar-refractivity contribution in [2.24, 2.45) is 0 Å². The molecule has 0 unspecified atom stereocenters. The number of aromatic nitrogens is 3. The Morgan fingerprint density at radius 3 is 2.79 bits per heavy atom. The van der Waals surface area contributed by atoms with Gasteiger partial charge in [-0.2, -0.15) is 0 Å². The zero-order chi connectivity index (χ0) is 20.4. The highest BCUT2D eigenvalue weighted by molar-refractivity contribution is 7.92. The van der Waals surface area contributed by atoms with Gasteiger partial charge in [-0.25, -0.2) is 8.42 Å². The van der Waals surface area contributed by atoms with Crippen LogP contribution in [0.2, 0.25) is 0 Å². The molecule has 11 heteroatoms. The molecule has 2 aromatic heterocycles. The van der Waals surface area contributed by atoms with Crippen LogP contribution in [-0.4, -0.2) is 54.6 Å². The molecule has 10 nitrogen and oxygen atoms in total. The number of methoxy groups -OCH3 is 1. The molecule has 29 heavy (non-hydrogen) atoms. The molecule has 0 atom stereocenters. The largest absolute Gasteiger partial charge is 0.497 e. The van der Waals surface area contributed by atoms with Gasteiger partial charge in [0.1, 0.15) is 16.3 Å². The fourth-order valence-electron chi connectivity index (χ4n) is 3.03. The van der Waals surface area contributed by atoms with E-state index in [2.05, 4.69) is 19.9 Å². The van der Waals surface area contributed by atoms with E-state index in [9.17, 15) is 13.2 Å². The second-order valence-electron chi connectivity index (χ2n) is 6.50. The van der Waals surface area contributed by atoms with E-state index >= 15 is 0 Å². The summed E-state index contributed by atoms with van der Waals surface area (Å²) in [4.78, 5) is 16.7. The third-order valence-electron chi connectivity index (χ3n) is 4.52. The zero-order valence-corrected chi connectivity index (χ0v) is 16.4. The Morgan fingerprint density at radius 2 is 2.03 bits per heavy atom. The van der Waals surface area contributed by atoms with Crippen LogP contribution in [0.5, 0.6) is 5.75 Å². The van der Waals surface area contributed by atoms with Crippen molar-refractivity contribution < 1.29 is 22.4 Å². The van der Waals surface area contributed by atoms with E-state index in [1.165, 1.54) is 19.4 Å². The quantitative estimate of drug-likeness (QED) is 0.628. The Balaban J connectivity index is 1.52. The SMILES string of the molecule is COc1cccc(NS(=O)(=O)c2c[nH]c(-c3nnc(C(=O)N4CCCC4)o3)c2)c1. The van der Waals surface area contributed by atoms with E-state index in [1.807, 2.05) is 0 Å². The van der Waals surface area contributed by atoms with Crippen LogP contribution in [0.1, 0.15) is 23.5 Å². The van der Waals surface area contributed by atoms with Gasteiger partial charge in [-0.3, -0.25) is 9.52 Å². The van der Waals surface area contributed by atoms with E-state index < -0.39 is 10.0 Å². The number of benzene rings is 1. The van der Waals surface area contributed by atoms with Gasteiger partial charge in [-0.15, -0.1) is 10.2 Å². The van der Waals surface area contributed by atoms with E-state index in [-0.39, 0.29) is 22.6 Å². The molecule has 0 spiro atoms. The number of amides is 1. The molecule has 1 aromatic carbocycles. The van der Waals surface area contributed by atoms with Crippen LogP contribution in [0, 0.1) is 0 Å². The highest BCUT2D eigenvalue weighted by Crippen LogP contribution is 2.24. The minimum atomic E-state index is -3.85. The van der Waals surface area contributed by atoms with Crippen LogP contribution in [0.4, 0.5) is 5.69 Å². The molecule has 152 valence electrons. The highest BCUT2D eigenvalue weighted by Gasteiger charge is 2.26. The first-order valence-electron chi connectivity index (χ1n) is 8.95. The summed E-state index contributed by atoms with van der Waals surface area (Å²) in [6, 6.07) is 7.93. The van der Waals surface area contributed by atoms with Gasteiger partial charge in [-0.1, -0.05) is 6.07 Å². The van der Waals surface area contributed by atoms with E-state index in [1.54, 1.807) is 29.2 Å². The molecule has 1 fully saturated rings. The predicted octanol–water partition coefficient (Wildman–Crippen LogP) is 2.11. The lowest BCUT2D eigenvalue weighted by atomic mass is 10.3. The van der Waals surface area contributed by atoms with Gasteiger partial charge < -0.3 is 19.0 Å². The van der Waals surface area contributed by atoms with Crippen molar-refractivity contribution in [3.05, 3.63) is 42.4 Å². The molecule has 0 saturated carbocycles. The monoisotopic (exact) mass is 417 g/mol. The fraction of sp³-hybridized carbons (Fsp3) is 0.278. The number of ether oxygens (including phenoxy) is 1. The number of nitrogens with one attached hydrogen (secondary N) is 2. The van der Waals surface area contributed by atoms with Crippen molar-refractivity contribution in [3.63, 3.8) is 0 Å². The zero-order valence-electron chi connectivity index (χ0n) is 15.6. The Morgan fingerprint density at radius 1 is 1.24 bits per heavy atom. The van der Waals surface area contributed by atoms with Gasteiger partial charge in [-0.05, 0) is 31.0 Å². The second-order valence-corrected chi connectivity index (χ2v) is 8.18. The number of H-pyrrole nitrogens is 1. The number of aromatic amines is 1. The minimum Gasteiger partial charge on any atom is -0.497 e. The molecular formula is C18H19N5O5S. The summed E-state index contributed by atoms with van der Waals surface area (Å²) in [5.41, 5.74) is 0.660. The van der Waals surface area contributed by atoms with Crippen LogP contribution >= 0.6 is 0 Å². The Kier molecular flexibility index (Phi) is 4.97. The summed E-state index contributed by atoms with van der Waals surface area (Å²) in [6.07, 6.45) is 3.21. The first-order chi connectivity index (χ1) is 14.0. The van der Waals surface area contributed by atoms with Gasteiger partial charge >= 0.3 is 11.8 Å². The molecule has 0 bridgehead atoms. The van der Waals surface area contributed by atoms with Gasteiger partial charge in [0.15, 0.2) is 0 Å². The normalized spacial score (nSPS) is 14.2. The number of likely N-dealkylation sites (tertiary alicyclic amines) is 1. The van der Waals surface area contributed by atoms with E-state index in [0.717, 1.165) is 12.8 Å². The number of sulfonamides is 1. The van der Waals surface area contributed by atoms with E-state index in [4.69, 9.17) is 9.15 Å². The number of carbonyl (C=O) groups excluding carboxylic acids is 1. The van der Waals surface area contributed by atoms with E-state index in [0.29, 0.717) is 30.2 Å². The van der Waals surface area contributed by atoms with Crippen LogP contribution in [0.25, 0.3) is 11.6 Å². The smallest absolute Gasteiger partial charge is 0.311 e. The molecule has 0 aliphatic carbocycles. The molecule has 2 N–H and O–H groups in total. The van der Waals surface area contributed by atoms with Crippen molar-refractivity contribution in [2.75, 3.05) is 24.9 Å². The first-order valence-corrected chi connectivity index (χ1v) is 10.4. The molecule has 0 radical (unpaired) electrons. The lowest BCUT2D eigenvalue weighted by Gasteiger charge is -2.11. The van der Waals surface area contributed by atoms with Crippen LogP contribution in [0.3, 0.4) is 0 Å². The van der Waals surface area contributed by atoms with Gasteiger partial charge in [0.25, 0.3) is 15.9 Å². The summed E-state index contributed by atoms with van der Waals surface area (Å²) >= 11 is 0. The molecular weight excluding hydrogens is 398 g/mol. The Bertz CT molecular complexity index is 1130. The first kappa shape index (κ1) is 19.0. The van der Waals surface area contributed by atoms with Crippen molar-refractivity contribution in [2.45, 2.75) is 17.7 Å². The summed E-state index contributed by atoms with van der Waals surface area (Å²) in [5, 5.41) is 7.64. The van der Waals surface area contributed by atoms with Crippen LogP contribution < -0.4 is 9.46 Å². The maximum Gasteiger partial charge on any atom is 0.311 e. The summed E-state index contributed by atoms with van der Waals surface area (Å²) in [7, 11) is -2.35. The lowest BCUT2D eigenvalue weighted by molar-refractivity contribution is 0.0754. The number of nitrogens with zero attached hydrogens (tertiary/aromatic N) is 3. The number of hydrogen-bond donors (Lipinski definition) is 2. The third-order valence-corrected chi connectivity index (χ3v) is 5.88. The Hall–Kier alpha value is -3.34. The van der Waals surface area contributed by atoms with Gasteiger partial charge in [0.2, 0.25) is 0 Å². The minimum absolute atomic E-state index is 0.0130. The summed E-state index contributed by atoms with van der Waals surface area (Å²) < 4.78 is 38.3. The predicted molar refractivity (Wildman–Crippen MR) is 103 cm³/mol. The number of anilines is 1. The number of carbonyl (C=O) groups is 1. The molecule has 1 amide bonds. The van der Waals surface area contributed by atoms with Crippen molar-refractivity contribution in [1.82, 2.24) is 20.1 Å². The van der Waals surface area contributed by atoms with Crippen molar-refractivity contribution >= 4 is 21.6 Å². The number of rotatable bonds is 6. The maximum atomic E-state index is 12.6. The Labute approximate surface area is 166 Å². The molecule has 3 aromatic rings. The van der Waals surface area contributed by atoms with Crippen LogP contribution in [-0.2, 0) is 10.0 Å². The van der Waals surface area contributed by atoms with Gasteiger partial charge in [0.05, 0.1) is 12.8 Å². The maximum absolute atomic E-state index is 12.6. The summed E-state index contributed by atoms with van der Waals surface area (Å²) in [6.45, 7) is 1.33. The molecule has 1 aliphatic heterocycles. The number of hydrogen-bond acceptors (Lipinski definition) is 7. The van der Waals surface area contributed by atoms with Gasteiger partial charge in [0, 0.05) is 25.4 Å². The highest BCUT2D eigenvalue weighted by atomic mass is 32.2. The van der Waals surface area contributed by atoms with Crippen LogP contribution in [0.15, 0.2) is 45.8 Å². The average Bonchev–Trinajstić information content (AvgIpc) is 3.48. The molecule has 1 saturated heterocycles.